The Morgan fingerprint density at radius 3 is 2.63 bits per heavy atom. The standard InChI is InChI=1S/C16H15FO2/c1-11-5-3-4-6-12(11)9-15(18)13-7-8-14(17)16(10-13)19-2/h3-8,10H,9H2,1-2H3. The van der Waals surface area contributed by atoms with Gasteiger partial charge in [0.2, 0.25) is 0 Å². The molecular weight excluding hydrogens is 243 g/mol. The summed E-state index contributed by atoms with van der Waals surface area (Å²) >= 11 is 0. The van der Waals surface area contributed by atoms with Crippen molar-refractivity contribution in [2.75, 3.05) is 7.11 Å². The van der Waals surface area contributed by atoms with Crippen LogP contribution in [0.4, 0.5) is 4.39 Å². The first-order chi connectivity index (χ1) is 9.11. The summed E-state index contributed by atoms with van der Waals surface area (Å²) in [5.41, 5.74) is 2.52. The van der Waals surface area contributed by atoms with E-state index in [0.717, 1.165) is 11.1 Å². The van der Waals surface area contributed by atoms with Crippen LogP contribution in [0.25, 0.3) is 0 Å². The maximum atomic E-state index is 13.3. The van der Waals surface area contributed by atoms with Crippen molar-refractivity contribution in [3.63, 3.8) is 0 Å². The number of hydrogen-bond acceptors (Lipinski definition) is 2. The average molecular weight is 258 g/mol. The van der Waals surface area contributed by atoms with Gasteiger partial charge in [-0.2, -0.15) is 0 Å². The summed E-state index contributed by atoms with van der Waals surface area (Å²) in [5, 5.41) is 0. The Morgan fingerprint density at radius 2 is 1.95 bits per heavy atom. The third kappa shape index (κ3) is 2.99. The molecule has 0 atom stereocenters. The Morgan fingerprint density at radius 1 is 1.21 bits per heavy atom. The molecule has 19 heavy (non-hydrogen) atoms. The van der Waals surface area contributed by atoms with E-state index >= 15 is 0 Å². The summed E-state index contributed by atoms with van der Waals surface area (Å²) in [7, 11) is 1.38. The molecule has 0 heterocycles. The van der Waals surface area contributed by atoms with Crippen LogP contribution in [-0.2, 0) is 6.42 Å². The van der Waals surface area contributed by atoms with Gasteiger partial charge in [0.05, 0.1) is 7.11 Å². The molecule has 0 amide bonds. The molecule has 0 aliphatic carbocycles. The average Bonchev–Trinajstić information content (AvgIpc) is 2.42. The van der Waals surface area contributed by atoms with Gasteiger partial charge in [-0.1, -0.05) is 24.3 Å². The molecule has 0 aliphatic heterocycles. The van der Waals surface area contributed by atoms with Gasteiger partial charge in [0, 0.05) is 12.0 Å². The van der Waals surface area contributed by atoms with Crippen molar-refractivity contribution in [3.05, 3.63) is 65.0 Å². The summed E-state index contributed by atoms with van der Waals surface area (Å²) in [4.78, 5) is 12.2. The number of ketones is 1. The SMILES string of the molecule is COc1cc(C(=O)Cc2ccccc2C)ccc1F. The van der Waals surface area contributed by atoms with Gasteiger partial charge < -0.3 is 4.74 Å². The second kappa shape index (κ2) is 5.65. The van der Waals surface area contributed by atoms with E-state index in [4.69, 9.17) is 4.74 Å². The Kier molecular flexibility index (Phi) is 3.95. The second-order valence-corrected chi connectivity index (χ2v) is 4.38. The molecule has 0 saturated heterocycles. The lowest BCUT2D eigenvalue weighted by atomic mass is 9.99. The van der Waals surface area contributed by atoms with Crippen LogP contribution in [0.2, 0.25) is 0 Å². The topological polar surface area (TPSA) is 26.3 Å². The third-order valence-electron chi connectivity index (χ3n) is 3.09. The second-order valence-electron chi connectivity index (χ2n) is 4.38. The Labute approximate surface area is 111 Å². The van der Waals surface area contributed by atoms with Gasteiger partial charge in [-0.25, -0.2) is 4.39 Å². The van der Waals surface area contributed by atoms with Gasteiger partial charge in [-0.3, -0.25) is 4.79 Å². The number of rotatable bonds is 4. The van der Waals surface area contributed by atoms with Crippen LogP contribution in [0, 0.1) is 12.7 Å². The Balaban J connectivity index is 2.23. The van der Waals surface area contributed by atoms with Crippen LogP contribution in [-0.4, -0.2) is 12.9 Å². The van der Waals surface area contributed by atoms with E-state index in [0.29, 0.717) is 12.0 Å². The number of hydrogen-bond donors (Lipinski definition) is 0. The molecule has 0 spiro atoms. The zero-order valence-electron chi connectivity index (χ0n) is 10.9. The molecule has 98 valence electrons. The lowest BCUT2D eigenvalue weighted by Gasteiger charge is -2.07. The van der Waals surface area contributed by atoms with E-state index in [2.05, 4.69) is 0 Å². The highest BCUT2D eigenvalue weighted by Gasteiger charge is 2.11. The number of ether oxygens (including phenoxy) is 1. The minimum absolute atomic E-state index is 0.0485. The fraction of sp³-hybridized carbons (Fsp3) is 0.188. The highest BCUT2D eigenvalue weighted by atomic mass is 19.1. The van der Waals surface area contributed by atoms with Crippen molar-refractivity contribution in [2.24, 2.45) is 0 Å². The molecule has 3 heteroatoms. The van der Waals surface area contributed by atoms with E-state index in [1.54, 1.807) is 0 Å². The van der Waals surface area contributed by atoms with Crippen LogP contribution < -0.4 is 4.74 Å². The lowest BCUT2D eigenvalue weighted by molar-refractivity contribution is 0.0992. The maximum absolute atomic E-state index is 13.3. The molecule has 0 aromatic heterocycles. The quantitative estimate of drug-likeness (QED) is 0.784. The summed E-state index contributed by atoms with van der Waals surface area (Å²) in [6, 6.07) is 11.9. The van der Waals surface area contributed by atoms with E-state index in [-0.39, 0.29) is 11.5 Å². The zero-order chi connectivity index (χ0) is 13.8. The monoisotopic (exact) mass is 258 g/mol. The molecule has 0 fully saturated rings. The predicted octanol–water partition coefficient (Wildman–Crippen LogP) is 3.57. The van der Waals surface area contributed by atoms with Gasteiger partial charge >= 0.3 is 0 Å². The number of halogens is 1. The zero-order valence-corrected chi connectivity index (χ0v) is 10.9. The van der Waals surface area contributed by atoms with Crippen molar-refractivity contribution >= 4 is 5.78 Å². The van der Waals surface area contributed by atoms with E-state index in [1.165, 1.54) is 25.3 Å². The number of methoxy groups -OCH3 is 1. The van der Waals surface area contributed by atoms with Crippen LogP contribution >= 0.6 is 0 Å². The van der Waals surface area contributed by atoms with Crippen LogP contribution in [0.5, 0.6) is 5.75 Å². The molecule has 2 rings (SSSR count). The Bertz CT molecular complexity index is 605. The molecule has 0 unspecified atom stereocenters. The van der Waals surface area contributed by atoms with Crippen molar-refractivity contribution in [3.8, 4) is 5.75 Å². The fourth-order valence-corrected chi connectivity index (χ4v) is 1.92. The third-order valence-corrected chi connectivity index (χ3v) is 3.09. The van der Waals surface area contributed by atoms with E-state index < -0.39 is 5.82 Å². The van der Waals surface area contributed by atoms with Crippen molar-refractivity contribution < 1.29 is 13.9 Å². The minimum Gasteiger partial charge on any atom is -0.494 e. The largest absolute Gasteiger partial charge is 0.494 e. The number of carbonyl (C=O) groups excluding carboxylic acids is 1. The van der Waals surface area contributed by atoms with Crippen molar-refractivity contribution in [2.45, 2.75) is 13.3 Å². The van der Waals surface area contributed by atoms with Gasteiger partial charge in [-0.05, 0) is 36.2 Å². The van der Waals surface area contributed by atoms with E-state index in [1.807, 2.05) is 31.2 Å². The first-order valence-corrected chi connectivity index (χ1v) is 6.03. The number of Topliss-reactive ketones (excluding diaryl/α,β-unsaturated/α-hetero) is 1. The van der Waals surface area contributed by atoms with Crippen LogP contribution in [0.15, 0.2) is 42.5 Å². The fourth-order valence-electron chi connectivity index (χ4n) is 1.92. The van der Waals surface area contributed by atoms with Gasteiger partial charge in [0.25, 0.3) is 0 Å². The highest BCUT2D eigenvalue weighted by molar-refractivity contribution is 5.98. The number of aryl methyl sites for hydroxylation is 1. The lowest BCUT2D eigenvalue weighted by Crippen LogP contribution is -2.05. The van der Waals surface area contributed by atoms with Gasteiger partial charge in [0.1, 0.15) is 0 Å². The van der Waals surface area contributed by atoms with Gasteiger partial charge in [-0.15, -0.1) is 0 Å². The molecule has 0 N–H and O–H groups in total. The molecular formula is C16H15FO2. The minimum atomic E-state index is -0.463. The summed E-state index contributed by atoms with van der Waals surface area (Å²) < 4.78 is 18.2. The highest BCUT2D eigenvalue weighted by Crippen LogP contribution is 2.20. The summed E-state index contributed by atoms with van der Waals surface area (Å²) in [6.45, 7) is 1.97. The normalized spacial score (nSPS) is 10.3. The van der Waals surface area contributed by atoms with Crippen molar-refractivity contribution in [1.82, 2.24) is 0 Å². The molecule has 2 nitrogen and oxygen atoms in total. The molecule has 0 saturated carbocycles. The van der Waals surface area contributed by atoms with Gasteiger partial charge in [0.15, 0.2) is 17.3 Å². The number of carbonyl (C=O) groups is 1. The maximum Gasteiger partial charge on any atom is 0.167 e. The summed E-state index contributed by atoms with van der Waals surface area (Å²) in [6.07, 6.45) is 0.307. The smallest absolute Gasteiger partial charge is 0.167 e. The van der Waals surface area contributed by atoms with Crippen molar-refractivity contribution in [1.29, 1.82) is 0 Å². The molecule has 0 bridgehead atoms. The van der Waals surface area contributed by atoms with E-state index in [9.17, 15) is 9.18 Å². The van der Waals surface area contributed by atoms with Crippen LogP contribution in [0.3, 0.4) is 0 Å². The molecule has 2 aromatic carbocycles. The number of benzene rings is 2. The first kappa shape index (κ1) is 13.3. The molecule has 0 aliphatic rings. The molecule has 2 aromatic rings. The first-order valence-electron chi connectivity index (χ1n) is 6.03. The predicted molar refractivity (Wildman–Crippen MR) is 72.2 cm³/mol. The molecule has 0 radical (unpaired) electrons. The van der Waals surface area contributed by atoms with Crippen LogP contribution in [0.1, 0.15) is 21.5 Å². The Hall–Kier alpha value is -2.16. The summed E-state index contributed by atoms with van der Waals surface area (Å²) in [5.74, 6) is -0.418.